The molecule has 2 heterocycles. The molecule has 3 aromatic carbocycles. The lowest BCUT2D eigenvalue weighted by molar-refractivity contribution is -0.660. The third-order valence-electron chi connectivity index (χ3n) is 5.02. The smallest absolute Gasteiger partial charge is 0.212 e. The summed E-state index contributed by atoms with van der Waals surface area (Å²) in [6, 6.07) is 23.5. The number of nitrogens with zero attached hydrogens (tertiary/aromatic N) is 1. The van der Waals surface area contributed by atoms with Crippen molar-refractivity contribution in [3.8, 4) is 11.3 Å². The van der Waals surface area contributed by atoms with Crippen molar-refractivity contribution in [1.29, 1.82) is 0 Å². The number of aryl methyl sites for hydroxylation is 2. The number of pyridine rings is 1. The molecule has 0 radical (unpaired) electrons. The molecule has 0 aliphatic rings. The Morgan fingerprint density at radius 1 is 0.760 bits per heavy atom. The van der Waals surface area contributed by atoms with Gasteiger partial charge in [-0.1, -0.05) is 24.3 Å². The molecule has 0 unspecified atom stereocenters. The zero-order valence-electron chi connectivity index (χ0n) is 14.3. The van der Waals surface area contributed by atoms with Gasteiger partial charge in [0.2, 0.25) is 5.69 Å². The zero-order valence-corrected chi connectivity index (χ0v) is 14.3. The summed E-state index contributed by atoms with van der Waals surface area (Å²) >= 11 is 0. The molecule has 5 rings (SSSR count). The Morgan fingerprint density at radius 2 is 1.44 bits per heavy atom. The van der Waals surface area contributed by atoms with E-state index in [2.05, 4.69) is 91.5 Å². The van der Waals surface area contributed by atoms with E-state index in [0.29, 0.717) is 0 Å². The van der Waals surface area contributed by atoms with Crippen molar-refractivity contribution >= 4 is 32.7 Å². The van der Waals surface area contributed by atoms with Gasteiger partial charge in [-0.2, -0.15) is 0 Å². The molecule has 2 nitrogen and oxygen atoms in total. The second-order valence-electron chi connectivity index (χ2n) is 6.66. The van der Waals surface area contributed by atoms with E-state index in [9.17, 15) is 0 Å². The summed E-state index contributed by atoms with van der Waals surface area (Å²) in [7, 11) is 2.08. The first-order valence-electron chi connectivity index (χ1n) is 8.51. The van der Waals surface area contributed by atoms with Crippen LogP contribution in [0.4, 0.5) is 0 Å². The minimum atomic E-state index is 0.947. The van der Waals surface area contributed by atoms with Crippen LogP contribution in [0.15, 0.2) is 77.3 Å². The summed E-state index contributed by atoms with van der Waals surface area (Å²) in [6.45, 7) is 2.14. The molecule has 0 atom stereocenters. The highest BCUT2D eigenvalue weighted by atomic mass is 16.3. The summed E-state index contributed by atoms with van der Waals surface area (Å²) < 4.78 is 8.31. The first kappa shape index (κ1) is 14.2. The first-order chi connectivity index (χ1) is 12.2. The van der Waals surface area contributed by atoms with Crippen molar-refractivity contribution in [2.24, 2.45) is 7.05 Å². The second kappa shape index (κ2) is 5.18. The topological polar surface area (TPSA) is 17.0 Å². The fourth-order valence-electron chi connectivity index (χ4n) is 3.69. The van der Waals surface area contributed by atoms with Gasteiger partial charge in [-0.05, 0) is 53.6 Å². The lowest BCUT2D eigenvalue weighted by Crippen LogP contribution is -2.30. The third kappa shape index (κ3) is 2.14. The zero-order chi connectivity index (χ0) is 17.0. The maximum Gasteiger partial charge on any atom is 0.212 e. The fourth-order valence-corrected chi connectivity index (χ4v) is 3.69. The van der Waals surface area contributed by atoms with E-state index in [1.54, 1.807) is 0 Å². The lowest BCUT2D eigenvalue weighted by Gasteiger charge is -2.04. The number of rotatable bonds is 1. The number of benzene rings is 3. The van der Waals surface area contributed by atoms with E-state index >= 15 is 0 Å². The largest absolute Gasteiger partial charge is 0.456 e. The predicted molar refractivity (Wildman–Crippen MR) is 103 cm³/mol. The molecule has 0 spiro atoms. The summed E-state index contributed by atoms with van der Waals surface area (Å²) in [5, 5.41) is 4.80. The van der Waals surface area contributed by atoms with Crippen LogP contribution in [-0.4, -0.2) is 0 Å². The Morgan fingerprint density at radius 3 is 2.24 bits per heavy atom. The van der Waals surface area contributed by atoms with Crippen molar-refractivity contribution in [2.45, 2.75) is 6.92 Å². The van der Waals surface area contributed by atoms with Crippen molar-refractivity contribution in [1.82, 2.24) is 0 Å². The number of hydrogen-bond donors (Lipinski definition) is 0. The third-order valence-corrected chi connectivity index (χ3v) is 5.02. The van der Waals surface area contributed by atoms with Crippen molar-refractivity contribution < 1.29 is 8.98 Å². The van der Waals surface area contributed by atoms with Crippen LogP contribution in [0.2, 0.25) is 0 Å². The number of aromatic nitrogens is 1. The molecular formula is C23H18NO+. The Bertz CT molecular complexity index is 1260. The van der Waals surface area contributed by atoms with Crippen LogP contribution in [0.5, 0.6) is 0 Å². The SMILES string of the molecule is Cc1cc2oc3cc4ccccc4cc3c2cc1-c1cccc[n+]1C. The quantitative estimate of drug-likeness (QED) is 0.370. The van der Waals surface area contributed by atoms with Gasteiger partial charge >= 0.3 is 0 Å². The number of fused-ring (bicyclic) bond motifs is 4. The number of furan rings is 1. The van der Waals surface area contributed by atoms with Gasteiger partial charge < -0.3 is 4.42 Å². The highest BCUT2D eigenvalue weighted by Gasteiger charge is 2.16. The molecule has 0 saturated carbocycles. The fraction of sp³-hybridized carbons (Fsp3) is 0.0870. The van der Waals surface area contributed by atoms with Crippen LogP contribution in [0, 0.1) is 6.92 Å². The van der Waals surface area contributed by atoms with E-state index in [4.69, 9.17) is 4.42 Å². The summed E-state index contributed by atoms with van der Waals surface area (Å²) in [5.74, 6) is 0. The summed E-state index contributed by atoms with van der Waals surface area (Å²) in [4.78, 5) is 0. The normalized spacial score (nSPS) is 11.6. The van der Waals surface area contributed by atoms with Gasteiger partial charge in [0.1, 0.15) is 18.2 Å². The van der Waals surface area contributed by atoms with E-state index in [1.807, 2.05) is 0 Å². The lowest BCUT2D eigenvalue weighted by atomic mass is 10.00. The molecular weight excluding hydrogens is 306 g/mol. The van der Waals surface area contributed by atoms with Gasteiger partial charge in [-0.25, -0.2) is 4.57 Å². The van der Waals surface area contributed by atoms with Gasteiger partial charge in [-0.15, -0.1) is 0 Å². The molecule has 25 heavy (non-hydrogen) atoms. The van der Waals surface area contributed by atoms with Crippen LogP contribution in [-0.2, 0) is 7.05 Å². The van der Waals surface area contributed by atoms with Crippen LogP contribution in [0.25, 0.3) is 44.0 Å². The molecule has 2 aromatic heterocycles. The average molecular weight is 324 g/mol. The molecule has 0 amide bonds. The van der Waals surface area contributed by atoms with Gasteiger partial charge in [0.25, 0.3) is 0 Å². The standard InChI is InChI=1S/C23H18NO/c1-15-11-22-20(14-18(15)21-9-5-6-10-24(21)2)19-12-16-7-3-4-8-17(16)13-23(19)25-22/h3-14H,1-2H3/q+1. The highest BCUT2D eigenvalue weighted by molar-refractivity contribution is 6.11. The van der Waals surface area contributed by atoms with E-state index in [0.717, 1.165) is 11.2 Å². The minimum absolute atomic E-state index is 0.947. The van der Waals surface area contributed by atoms with Gasteiger partial charge in [0, 0.05) is 28.5 Å². The molecule has 0 bridgehead atoms. The molecule has 0 aliphatic carbocycles. The van der Waals surface area contributed by atoms with Crippen LogP contribution >= 0.6 is 0 Å². The Labute approximate surface area is 145 Å². The van der Waals surface area contributed by atoms with Crippen LogP contribution < -0.4 is 4.57 Å². The van der Waals surface area contributed by atoms with Crippen LogP contribution in [0.3, 0.4) is 0 Å². The molecule has 2 heteroatoms. The van der Waals surface area contributed by atoms with Crippen molar-refractivity contribution in [3.05, 3.63) is 78.5 Å². The maximum absolute atomic E-state index is 6.16. The molecule has 0 fully saturated rings. The van der Waals surface area contributed by atoms with Crippen molar-refractivity contribution in [2.75, 3.05) is 0 Å². The van der Waals surface area contributed by atoms with Crippen LogP contribution in [0.1, 0.15) is 5.56 Å². The average Bonchev–Trinajstić information content (AvgIpc) is 2.96. The number of hydrogen-bond acceptors (Lipinski definition) is 1. The van der Waals surface area contributed by atoms with Gasteiger partial charge in [-0.3, -0.25) is 0 Å². The van der Waals surface area contributed by atoms with E-state index in [-0.39, 0.29) is 0 Å². The van der Waals surface area contributed by atoms with E-state index < -0.39 is 0 Å². The Hall–Kier alpha value is -3.13. The monoisotopic (exact) mass is 324 g/mol. The van der Waals surface area contributed by atoms with Gasteiger partial charge in [0.05, 0.1) is 0 Å². The van der Waals surface area contributed by atoms with E-state index in [1.165, 1.54) is 38.4 Å². The second-order valence-corrected chi connectivity index (χ2v) is 6.66. The molecule has 0 aliphatic heterocycles. The highest BCUT2D eigenvalue weighted by Crippen LogP contribution is 2.35. The summed E-state index contributed by atoms with van der Waals surface area (Å²) in [5.41, 5.74) is 5.56. The Balaban J connectivity index is 1.87. The summed E-state index contributed by atoms with van der Waals surface area (Å²) in [6.07, 6.45) is 2.08. The molecule has 120 valence electrons. The van der Waals surface area contributed by atoms with Crippen molar-refractivity contribution in [3.63, 3.8) is 0 Å². The minimum Gasteiger partial charge on any atom is -0.456 e. The molecule has 0 saturated heterocycles. The first-order valence-corrected chi connectivity index (χ1v) is 8.51. The molecule has 5 aromatic rings. The predicted octanol–water partition coefficient (Wildman–Crippen LogP) is 5.54. The maximum atomic E-state index is 6.16. The molecule has 0 N–H and O–H groups in total. The Kier molecular flexibility index (Phi) is 2.95. The van der Waals surface area contributed by atoms with Gasteiger partial charge in [0.15, 0.2) is 6.20 Å².